The molecular weight excluding hydrogens is 238 g/mol. The Morgan fingerprint density at radius 2 is 2.26 bits per heavy atom. The van der Waals surface area contributed by atoms with E-state index >= 15 is 0 Å². The van der Waals surface area contributed by atoms with Crippen LogP contribution < -0.4 is 10.6 Å². The Hall–Kier alpha value is -2.45. The number of nitrogens with one attached hydrogen (secondary N) is 2. The first kappa shape index (κ1) is 11.6. The van der Waals surface area contributed by atoms with E-state index in [4.69, 9.17) is 5.26 Å². The molecule has 0 saturated carbocycles. The fourth-order valence-electron chi connectivity index (χ4n) is 2.07. The molecule has 0 unspecified atom stereocenters. The van der Waals surface area contributed by atoms with Crippen LogP contribution in [0.1, 0.15) is 22.4 Å². The van der Waals surface area contributed by atoms with Crippen LogP contribution in [-0.4, -0.2) is 9.97 Å². The number of rotatable bonds is 2. The third-order valence-corrected chi connectivity index (χ3v) is 3.18. The Morgan fingerprint density at radius 3 is 3.11 bits per heavy atom. The number of fused-ring (bicyclic) bond motifs is 1. The van der Waals surface area contributed by atoms with Crippen molar-refractivity contribution in [1.29, 1.82) is 5.26 Å². The largest absolute Gasteiger partial charge is 0.324 e. The summed E-state index contributed by atoms with van der Waals surface area (Å²) in [7, 11) is 0. The van der Waals surface area contributed by atoms with Gasteiger partial charge in [0.1, 0.15) is 0 Å². The van der Waals surface area contributed by atoms with Crippen LogP contribution in [0.4, 0.5) is 11.6 Å². The summed E-state index contributed by atoms with van der Waals surface area (Å²) < 4.78 is 0. The Bertz CT molecular complexity index is 672. The van der Waals surface area contributed by atoms with Crippen LogP contribution in [0.25, 0.3) is 0 Å². The SMILES string of the molecule is Cc1ccc(Nc2ncc3c(n2)CNC3)cc1C#N. The highest BCUT2D eigenvalue weighted by Gasteiger charge is 2.12. The van der Waals surface area contributed by atoms with Gasteiger partial charge >= 0.3 is 0 Å². The van der Waals surface area contributed by atoms with E-state index in [2.05, 4.69) is 26.7 Å². The highest BCUT2D eigenvalue weighted by atomic mass is 15.1. The molecule has 0 amide bonds. The molecule has 1 aromatic heterocycles. The van der Waals surface area contributed by atoms with E-state index in [0.29, 0.717) is 11.5 Å². The lowest BCUT2D eigenvalue weighted by molar-refractivity contribution is 0.758. The molecule has 0 saturated heterocycles. The van der Waals surface area contributed by atoms with Gasteiger partial charge in [-0.3, -0.25) is 0 Å². The summed E-state index contributed by atoms with van der Waals surface area (Å²) in [6.07, 6.45) is 1.84. The number of aryl methyl sites for hydroxylation is 1. The van der Waals surface area contributed by atoms with Crippen molar-refractivity contribution in [3.8, 4) is 6.07 Å². The maximum atomic E-state index is 9.02. The maximum absolute atomic E-state index is 9.02. The standard InChI is InChI=1S/C14H13N5/c1-9-2-3-12(4-10(9)5-15)18-14-17-7-11-6-16-8-13(11)19-14/h2-4,7,16H,6,8H2,1H3,(H,17,18,19). The quantitative estimate of drug-likeness (QED) is 0.854. The summed E-state index contributed by atoms with van der Waals surface area (Å²) >= 11 is 0. The molecule has 2 N–H and O–H groups in total. The van der Waals surface area contributed by atoms with E-state index in [1.807, 2.05) is 31.3 Å². The second kappa shape index (κ2) is 4.67. The third-order valence-electron chi connectivity index (χ3n) is 3.18. The number of nitrogens with zero attached hydrogens (tertiary/aromatic N) is 3. The first-order valence-electron chi connectivity index (χ1n) is 6.09. The summed E-state index contributed by atoms with van der Waals surface area (Å²) in [4.78, 5) is 8.74. The summed E-state index contributed by atoms with van der Waals surface area (Å²) in [6.45, 7) is 3.53. The number of benzene rings is 1. The number of aromatic nitrogens is 2. The van der Waals surface area contributed by atoms with Gasteiger partial charge in [-0.15, -0.1) is 0 Å². The molecule has 0 radical (unpaired) electrons. The minimum Gasteiger partial charge on any atom is -0.324 e. The molecule has 19 heavy (non-hydrogen) atoms. The summed E-state index contributed by atoms with van der Waals surface area (Å²) in [6, 6.07) is 7.82. The average Bonchev–Trinajstić information content (AvgIpc) is 2.88. The molecule has 0 aliphatic carbocycles. The number of anilines is 2. The Balaban J connectivity index is 1.87. The third kappa shape index (κ3) is 2.26. The fourth-order valence-corrected chi connectivity index (χ4v) is 2.07. The van der Waals surface area contributed by atoms with Crippen LogP contribution in [0.2, 0.25) is 0 Å². The average molecular weight is 251 g/mol. The maximum Gasteiger partial charge on any atom is 0.227 e. The minimum atomic E-state index is 0.565. The number of nitriles is 1. The van der Waals surface area contributed by atoms with Gasteiger partial charge in [-0.2, -0.15) is 5.26 Å². The van der Waals surface area contributed by atoms with Crippen molar-refractivity contribution in [1.82, 2.24) is 15.3 Å². The predicted octanol–water partition coefficient (Wildman–Crippen LogP) is 2.00. The van der Waals surface area contributed by atoms with Crippen molar-refractivity contribution < 1.29 is 0 Å². The highest BCUT2D eigenvalue weighted by molar-refractivity contribution is 5.58. The van der Waals surface area contributed by atoms with E-state index in [9.17, 15) is 0 Å². The highest BCUT2D eigenvalue weighted by Crippen LogP contribution is 2.19. The summed E-state index contributed by atoms with van der Waals surface area (Å²) in [5.41, 5.74) is 4.63. The van der Waals surface area contributed by atoms with Gasteiger partial charge in [-0.25, -0.2) is 9.97 Å². The Morgan fingerprint density at radius 1 is 1.37 bits per heavy atom. The van der Waals surface area contributed by atoms with Gasteiger partial charge in [0.25, 0.3) is 0 Å². The molecule has 0 fully saturated rings. The van der Waals surface area contributed by atoms with Crippen molar-refractivity contribution in [3.05, 3.63) is 46.8 Å². The van der Waals surface area contributed by atoms with Crippen LogP contribution in [0.15, 0.2) is 24.4 Å². The van der Waals surface area contributed by atoms with Crippen molar-refractivity contribution in [3.63, 3.8) is 0 Å². The van der Waals surface area contributed by atoms with Crippen molar-refractivity contribution >= 4 is 11.6 Å². The van der Waals surface area contributed by atoms with Gasteiger partial charge in [0, 0.05) is 30.5 Å². The molecule has 94 valence electrons. The Labute approximate surface area is 111 Å². The smallest absolute Gasteiger partial charge is 0.227 e. The molecule has 0 spiro atoms. The van der Waals surface area contributed by atoms with Gasteiger partial charge in [0.15, 0.2) is 0 Å². The molecular formula is C14H13N5. The zero-order chi connectivity index (χ0) is 13.2. The second-order valence-electron chi connectivity index (χ2n) is 4.54. The van der Waals surface area contributed by atoms with Crippen molar-refractivity contribution in [2.75, 3.05) is 5.32 Å². The van der Waals surface area contributed by atoms with Crippen LogP contribution in [0.5, 0.6) is 0 Å². The molecule has 0 atom stereocenters. The monoisotopic (exact) mass is 251 g/mol. The summed E-state index contributed by atoms with van der Waals surface area (Å²) in [5, 5.41) is 15.4. The topological polar surface area (TPSA) is 73.6 Å². The molecule has 3 rings (SSSR count). The van der Waals surface area contributed by atoms with E-state index in [1.165, 1.54) is 0 Å². The van der Waals surface area contributed by atoms with E-state index in [0.717, 1.165) is 35.6 Å². The molecule has 5 heteroatoms. The molecule has 1 aliphatic heterocycles. The minimum absolute atomic E-state index is 0.565. The lowest BCUT2D eigenvalue weighted by Crippen LogP contribution is -2.02. The number of hydrogen-bond donors (Lipinski definition) is 2. The van der Waals surface area contributed by atoms with Crippen LogP contribution in [-0.2, 0) is 13.1 Å². The Kier molecular flexibility index (Phi) is 2.86. The fraction of sp³-hybridized carbons (Fsp3) is 0.214. The van der Waals surface area contributed by atoms with Crippen LogP contribution in [0, 0.1) is 18.3 Å². The predicted molar refractivity (Wildman–Crippen MR) is 71.8 cm³/mol. The molecule has 2 aromatic rings. The van der Waals surface area contributed by atoms with E-state index < -0.39 is 0 Å². The second-order valence-corrected chi connectivity index (χ2v) is 4.54. The van der Waals surface area contributed by atoms with Crippen molar-refractivity contribution in [2.45, 2.75) is 20.0 Å². The van der Waals surface area contributed by atoms with Gasteiger partial charge in [-0.1, -0.05) is 6.07 Å². The summed E-state index contributed by atoms with van der Waals surface area (Å²) in [5.74, 6) is 0.565. The lowest BCUT2D eigenvalue weighted by Gasteiger charge is -2.07. The van der Waals surface area contributed by atoms with Gasteiger partial charge in [-0.05, 0) is 24.6 Å². The van der Waals surface area contributed by atoms with Crippen LogP contribution >= 0.6 is 0 Å². The molecule has 2 heterocycles. The van der Waals surface area contributed by atoms with Crippen LogP contribution in [0.3, 0.4) is 0 Å². The first-order valence-corrected chi connectivity index (χ1v) is 6.09. The van der Waals surface area contributed by atoms with Gasteiger partial charge < -0.3 is 10.6 Å². The number of hydrogen-bond acceptors (Lipinski definition) is 5. The molecule has 5 nitrogen and oxygen atoms in total. The molecule has 1 aromatic carbocycles. The normalized spacial score (nSPS) is 12.8. The molecule has 1 aliphatic rings. The molecule has 0 bridgehead atoms. The van der Waals surface area contributed by atoms with Gasteiger partial charge in [0.2, 0.25) is 5.95 Å². The van der Waals surface area contributed by atoms with E-state index in [1.54, 1.807) is 0 Å². The first-order chi connectivity index (χ1) is 9.26. The zero-order valence-corrected chi connectivity index (χ0v) is 10.6. The lowest BCUT2D eigenvalue weighted by atomic mass is 10.1. The zero-order valence-electron chi connectivity index (χ0n) is 10.6. The van der Waals surface area contributed by atoms with E-state index in [-0.39, 0.29) is 0 Å². The van der Waals surface area contributed by atoms with Crippen molar-refractivity contribution in [2.24, 2.45) is 0 Å². The van der Waals surface area contributed by atoms with Gasteiger partial charge in [0.05, 0.1) is 17.3 Å².